The average Bonchev–Trinajstić information content (AvgIpc) is 2.99. The second-order valence-electron chi connectivity index (χ2n) is 6.57. The standard InChI is InChI=1S/C17H25N5O2/c1-3-7-11(2)24-17-20-15(18)16-19-10-13(22(16)21-17)14(23)12-8-5-4-6-9-12/h10-12H,3-9H2,1-2H3,(H2,18,20,21)/t11-/m0/s1. The van der Waals surface area contributed by atoms with Crippen molar-refractivity contribution < 1.29 is 9.53 Å². The summed E-state index contributed by atoms with van der Waals surface area (Å²) in [6.45, 7) is 4.06. The van der Waals surface area contributed by atoms with E-state index in [4.69, 9.17) is 10.5 Å². The Morgan fingerprint density at radius 1 is 1.42 bits per heavy atom. The van der Waals surface area contributed by atoms with Crippen molar-refractivity contribution in [2.45, 2.75) is 64.9 Å². The molecule has 0 saturated heterocycles. The first-order valence-corrected chi connectivity index (χ1v) is 8.82. The highest BCUT2D eigenvalue weighted by atomic mass is 16.5. The number of aromatic nitrogens is 4. The van der Waals surface area contributed by atoms with Crippen molar-refractivity contribution in [1.29, 1.82) is 0 Å². The molecular formula is C17H25N5O2. The Hall–Kier alpha value is -2.18. The molecule has 3 rings (SSSR count). The second kappa shape index (κ2) is 7.15. The van der Waals surface area contributed by atoms with E-state index in [0.29, 0.717) is 11.3 Å². The van der Waals surface area contributed by atoms with E-state index in [-0.39, 0.29) is 29.6 Å². The third-order valence-corrected chi connectivity index (χ3v) is 4.60. The number of nitrogens with zero attached hydrogens (tertiary/aromatic N) is 4. The molecule has 0 radical (unpaired) electrons. The van der Waals surface area contributed by atoms with Gasteiger partial charge in [-0.1, -0.05) is 32.6 Å². The van der Waals surface area contributed by atoms with Crippen LogP contribution in [0.25, 0.3) is 5.65 Å². The summed E-state index contributed by atoms with van der Waals surface area (Å²) in [5, 5.41) is 4.35. The maximum Gasteiger partial charge on any atom is 0.336 e. The molecule has 0 amide bonds. The maximum atomic E-state index is 12.8. The van der Waals surface area contributed by atoms with Gasteiger partial charge in [-0.3, -0.25) is 4.79 Å². The van der Waals surface area contributed by atoms with Crippen molar-refractivity contribution in [3.05, 3.63) is 11.9 Å². The van der Waals surface area contributed by atoms with Crippen LogP contribution in [0.5, 0.6) is 6.01 Å². The van der Waals surface area contributed by atoms with Crippen LogP contribution < -0.4 is 10.5 Å². The van der Waals surface area contributed by atoms with Crippen molar-refractivity contribution in [1.82, 2.24) is 19.6 Å². The lowest BCUT2D eigenvalue weighted by Crippen LogP contribution is -2.21. The minimum Gasteiger partial charge on any atom is -0.459 e. The number of Topliss-reactive ketones (excluding diaryl/α,β-unsaturated/α-hetero) is 1. The summed E-state index contributed by atoms with van der Waals surface area (Å²) in [7, 11) is 0. The summed E-state index contributed by atoms with van der Waals surface area (Å²) in [6.07, 6.45) is 8.74. The molecule has 24 heavy (non-hydrogen) atoms. The van der Waals surface area contributed by atoms with Crippen molar-refractivity contribution >= 4 is 17.2 Å². The SMILES string of the molecule is CCC[C@H](C)Oc1nc(N)c2ncc(C(=O)C3CCCCC3)n2n1. The molecule has 2 heterocycles. The first-order chi connectivity index (χ1) is 11.6. The van der Waals surface area contributed by atoms with Crippen LogP contribution in [0.2, 0.25) is 0 Å². The Morgan fingerprint density at radius 2 is 2.17 bits per heavy atom. The van der Waals surface area contributed by atoms with Crippen LogP contribution in [-0.2, 0) is 0 Å². The van der Waals surface area contributed by atoms with Gasteiger partial charge in [0, 0.05) is 5.92 Å². The Bertz CT molecular complexity index is 721. The smallest absolute Gasteiger partial charge is 0.336 e. The molecule has 130 valence electrons. The first kappa shape index (κ1) is 16.7. The number of nitrogen functional groups attached to an aromatic ring is 1. The van der Waals surface area contributed by atoms with Gasteiger partial charge in [0.25, 0.3) is 0 Å². The van der Waals surface area contributed by atoms with Gasteiger partial charge in [0.2, 0.25) is 0 Å². The molecule has 2 aromatic heterocycles. The number of carbonyl (C=O) groups excluding carboxylic acids is 1. The summed E-state index contributed by atoms with van der Waals surface area (Å²) in [5.74, 6) is 0.373. The third kappa shape index (κ3) is 3.34. The number of hydrogen-bond acceptors (Lipinski definition) is 6. The van der Waals surface area contributed by atoms with Crippen molar-refractivity contribution in [3.8, 4) is 6.01 Å². The van der Waals surface area contributed by atoms with Gasteiger partial charge in [0.05, 0.1) is 12.3 Å². The maximum absolute atomic E-state index is 12.8. The largest absolute Gasteiger partial charge is 0.459 e. The topological polar surface area (TPSA) is 95.4 Å². The fourth-order valence-corrected chi connectivity index (χ4v) is 3.32. The quantitative estimate of drug-likeness (QED) is 0.817. The normalized spacial score (nSPS) is 17.1. The lowest BCUT2D eigenvalue weighted by atomic mass is 9.85. The average molecular weight is 331 g/mol. The van der Waals surface area contributed by atoms with Gasteiger partial charge in [-0.15, -0.1) is 5.10 Å². The molecule has 7 heteroatoms. The van der Waals surface area contributed by atoms with E-state index in [0.717, 1.165) is 38.5 Å². The zero-order valence-corrected chi connectivity index (χ0v) is 14.4. The molecule has 0 unspecified atom stereocenters. The van der Waals surface area contributed by atoms with E-state index in [1.54, 1.807) is 6.20 Å². The molecule has 0 aliphatic heterocycles. The van der Waals surface area contributed by atoms with E-state index < -0.39 is 0 Å². The van der Waals surface area contributed by atoms with E-state index in [2.05, 4.69) is 22.0 Å². The predicted octanol–water partition coefficient (Wildman–Crippen LogP) is 3.04. The van der Waals surface area contributed by atoms with Gasteiger partial charge in [0.1, 0.15) is 5.69 Å². The highest BCUT2D eigenvalue weighted by Gasteiger charge is 2.26. The number of imidazole rings is 1. The fraction of sp³-hybridized carbons (Fsp3) is 0.647. The molecule has 2 aromatic rings. The minimum absolute atomic E-state index is 0.00660. The zero-order valence-electron chi connectivity index (χ0n) is 14.4. The van der Waals surface area contributed by atoms with E-state index in [9.17, 15) is 4.79 Å². The molecule has 1 atom stereocenters. The lowest BCUT2D eigenvalue weighted by Gasteiger charge is -2.19. The van der Waals surface area contributed by atoms with Crippen molar-refractivity contribution in [3.63, 3.8) is 0 Å². The van der Waals surface area contributed by atoms with Crippen LogP contribution in [0.4, 0.5) is 5.82 Å². The lowest BCUT2D eigenvalue weighted by molar-refractivity contribution is 0.0882. The molecule has 1 fully saturated rings. The molecular weight excluding hydrogens is 306 g/mol. The summed E-state index contributed by atoms with van der Waals surface area (Å²) in [6, 6.07) is 0.191. The van der Waals surface area contributed by atoms with Crippen LogP contribution in [0.1, 0.15) is 69.3 Å². The Balaban J connectivity index is 1.91. The Kier molecular flexibility index (Phi) is 4.97. The van der Waals surface area contributed by atoms with Crippen LogP contribution in [0, 0.1) is 5.92 Å². The summed E-state index contributed by atoms with van der Waals surface area (Å²) in [4.78, 5) is 21.2. The molecule has 2 N–H and O–H groups in total. The van der Waals surface area contributed by atoms with Gasteiger partial charge in [-0.2, -0.15) is 4.98 Å². The number of hydrogen-bond donors (Lipinski definition) is 1. The molecule has 0 bridgehead atoms. The number of carbonyl (C=O) groups is 1. The minimum atomic E-state index is -0.00660. The molecule has 1 aliphatic rings. The summed E-state index contributed by atoms with van der Waals surface area (Å²) in [5.41, 5.74) is 6.85. The molecule has 7 nitrogen and oxygen atoms in total. The molecule has 0 spiro atoms. The fourth-order valence-electron chi connectivity index (χ4n) is 3.32. The van der Waals surface area contributed by atoms with E-state index in [1.807, 2.05) is 6.92 Å². The monoisotopic (exact) mass is 331 g/mol. The Morgan fingerprint density at radius 3 is 2.88 bits per heavy atom. The van der Waals surface area contributed by atoms with Gasteiger partial charge < -0.3 is 10.5 Å². The molecule has 0 aromatic carbocycles. The Labute approximate surface area is 141 Å². The van der Waals surface area contributed by atoms with E-state index >= 15 is 0 Å². The van der Waals surface area contributed by atoms with Crippen molar-refractivity contribution in [2.75, 3.05) is 5.73 Å². The van der Waals surface area contributed by atoms with Gasteiger partial charge >= 0.3 is 6.01 Å². The number of ketones is 1. The third-order valence-electron chi connectivity index (χ3n) is 4.60. The highest BCUT2D eigenvalue weighted by Crippen LogP contribution is 2.27. The summed E-state index contributed by atoms with van der Waals surface area (Å²) < 4.78 is 7.22. The number of anilines is 1. The number of nitrogens with two attached hydrogens (primary N) is 1. The number of ether oxygens (including phenoxy) is 1. The second-order valence-corrected chi connectivity index (χ2v) is 6.57. The highest BCUT2D eigenvalue weighted by molar-refractivity contribution is 5.97. The predicted molar refractivity (Wildman–Crippen MR) is 91.1 cm³/mol. The van der Waals surface area contributed by atoms with Crippen molar-refractivity contribution in [2.24, 2.45) is 5.92 Å². The van der Waals surface area contributed by atoms with E-state index in [1.165, 1.54) is 10.9 Å². The zero-order chi connectivity index (χ0) is 17.1. The number of rotatable bonds is 6. The van der Waals surface area contributed by atoms with Gasteiger partial charge in [-0.25, -0.2) is 9.50 Å². The van der Waals surface area contributed by atoms with Crippen LogP contribution >= 0.6 is 0 Å². The van der Waals surface area contributed by atoms with Crippen LogP contribution in [0.3, 0.4) is 0 Å². The molecule has 1 saturated carbocycles. The van der Waals surface area contributed by atoms with Crippen LogP contribution in [-0.4, -0.2) is 31.5 Å². The van der Waals surface area contributed by atoms with Gasteiger partial charge in [0.15, 0.2) is 17.2 Å². The van der Waals surface area contributed by atoms with Crippen LogP contribution in [0.15, 0.2) is 6.20 Å². The summed E-state index contributed by atoms with van der Waals surface area (Å²) >= 11 is 0. The molecule has 1 aliphatic carbocycles. The van der Waals surface area contributed by atoms with Gasteiger partial charge in [-0.05, 0) is 26.2 Å². The number of fused-ring (bicyclic) bond motifs is 1. The first-order valence-electron chi connectivity index (χ1n) is 8.82.